The van der Waals surface area contributed by atoms with E-state index in [1.54, 1.807) is 0 Å². The van der Waals surface area contributed by atoms with Crippen molar-refractivity contribution in [2.24, 2.45) is 0 Å². The minimum absolute atomic E-state index is 0.0745. The molecule has 0 radical (unpaired) electrons. The minimum Gasteiger partial charge on any atom is -0.505 e. The first kappa shape index (κ1) is 16.4. The molecule has 0 aromatic heterocycles. The Morgan fingerprint density at radius 1 is 1.24 bits per heavy atom. The van der Waals surface area contributed by atoms with Gasteiger partial charge in [0.05, 0.1) is 10.0 Å². The second-order valence-corrected chi connectivity index (χ2v) is 5.85. The molecule has 1 aromatic carbocycles. The molecule has 116 valence electrons. The van der Waals surface area contributed by atoms with Gasteiger partial charge in [-0.05, 0) is 19.2 Å². The molecule has 1 aliphatic rings. The molecule has 1 fully saturated rings. The number of carbonyl (C=O) groups is 1. The van der Waals surface area contributed by atoms with E-state index < -0.39 is 5.97 Å². The number of benzene rings is 1. The Morgan fingerprint density at radius 2 is 1.86 bits per heavy atom. The first-order valence-corrected chi connectivity index (χ1v) is 7.49. The van der Waals surface area contributed by atoms with Crippen molar-refractivity contribution in [3.63, 3.8) is 0 Å². The highest BCUT2D eigenvalue weighted by Crippen LogP contribution is 2.33. The predicted octanol–water partition coefficient (Wildman–Crippen LogP) is 2.10. The zero-order valence-electron chi connectivity index (χ0n) is 11.8. The number of esters is 1. The van der Waals surface area contributed by atoms with Gasteiger partial charge in [-0.2, -0.15) is 0 Å². The van der Waals surface area contributed by atoms with Crippen LogP contribution in [0.25, 0.3) is 0 Å². The van der Waals surface area contributed by atoms with Crippen molar-refractivity contribution in [1.82, 2.24) is 9.80 Å². The summed E-state index contributed by atoms with van der Waals surface area (Å²) in [6, 6.07) is 2.89. The van der Waals surface area contributed by atoms with Crippen molar-refractivity contribution >= 4 is 29.2 Å². The second-order valence-electron chi connectivity index (χ2n) is 5.03. The average molecular weight is 333 g/mol. The number of nitrogens with zero attached hydrogens (tertiary/aromatic N) is 2. The van der Waals surface area contributed by atoms with Crippen molar-refractivity contribution in [3.05, 3.63) is 27.7 Å². The number of carbonyl (C=O) groups excluding carboxylic acids is 1. The van der Waals surface area contributed by atoms with Gasteiger partial charge in [0.2, 0.25) is 0 Å². The Hall–Kier alpha value is -1.01. The molecule has 1 aromatic rings. The van der Waals surface area contributed by atoms with Crippen LogP contribution in [0.4, 0.5) is 0 Å². The van der Waals surface area contributed by atoms with E-state index in [4.69, 9.17) is 27.9 Å². The maximum atomic E-state index is 12.0. The molecule has 1 aliphatic heterocycles. The van der Waals surface area contributed by atoms with Gasteiger partial charge in [0.15, 0.2) is 0 Å². The Kier molecular flexibility index (Phi) is 5.70. The molecule has 2 rings (SSSR count). The number of ether oxygens (including phenoxy) is 1. The summed E-state index contributed by atoms with van der Waals surface area (Å²) in [6.07, 6.45) is 0. The lowest BCUT2D eigenvalue weighted by Crippen LogP contribution is -2.45. The highest BCUT2D eigenvalue weighted by atomic mass is 35.5. The van der Waals surface area contributed by atoms with E-state index >= 15 is 0 Å². The van der Waals surface area contributed by atoms with Crippen LogP contribution in [0.2, 0.25) is 10.0 Å². The van der Waals surface area contributed by atoms with E-state index in [9.17, 15) is 9.90 Å². The summed E-state index contributed by atoms with van der Waals surface area (Å²) in [4.78, 5) is 16.5. The van der Waals surface area contributed by atoms with Crippen LogP contribution in [0.5, 0.6) is 5.75 Å². The molecule has 0 amide bonds. The number of rotatable bonds is 4. The number of likely N-dealkylation sites (N-methyl/N-ethyl adjacent to an activating group) is 1. The Bertz CT molecular complexity index is 517. The van der Waals surface area contributed by atoms with Crippen LogP contribution < -0.4 is 0 Å². The van der Waals surface area contributed by atoms with E-state index in [0.717, 1.165) is 26.2 Å². The molecule has 0 unspecified atom stereocenters. The van der Waals surface area contributed by atoms with Crippen LogP contribution >= 0.6 is 23.2 Å². The molecule has 0 aliphatic carbocycles. The summed E-state index contributed by atoms with van der Waals surface area (Å²) in [5.74, 6) is -0.997. The molecule has 0 spiro atoms. The van der Waals surface area contributed by atoms with Crippen molar-refractivity contribution in [3.8, 4) is 5.75 Å². The smallest absolute Gasteiger partial charge is 0.343 e. The molecule has 1 N–H and O–H groups in total. The first-order chi connectivity index (χ1) is 9.99. The highest BCUT2D eigenvalue weighted by molar-refractivity contribution is 6.36. The van der Waals surface area contributed by atoms with Gasteiger partial charge in [-0.1, -0.05) is 23.2 Å². The molecular weight excluding hydrogens is 315 g/mol. The molecule has 1 saturated heterocycles. The third-order valence-corrected chi connectivity index (χ3v) is 4.14. The molecule has 21 heavy (non-hydrogen) atoms. The first-order valence-electron chi connectivity index (χ1n) is 6.74. The van der Waals surface area contributed by atoms with E-state index in [0.29, 0.717) is 6.54 Å². The monoisotopic (exact) mass is 332 g/mol. The molecular formula is C14H18Cl2N2O3. The number of phenolic OH excluding ortho intramolecular Hbond substituents is 1. The van der Waals surface area contributed by atoms with Crippen LogP contribution in [0.3, 0.4) is 0 Å². The molecule has 1 heterocycles. The predicted molar refractivity (Wildman–Crippen MR) is 82.3 cm³/mol. The van der Waals surface area contributed by atoms with E-state index in [1.807, 2.05) is 0 Å². The van der Waals surface area contributed by atoms with Gasteiger partial charge in [0.25, 0.3) is 0 Å². The Labute approximate surface area is 134 Å². The fourth-order valence-electron chi connectivity index (χ4n) is 2.15. The summed E-state index contributed by atoms with van der Waals surface area (Å²) >= 11 is 11.7. The van der Waals surface area contributed by atoms with Crippen LogP contribution in [-0.2, 0) is 4.74 Å². The van der Waals surface area contributed by atoms with E-state index in [-0.39, 0.29) is 28.0 Å². The van der Waals surface area contributed by atoms with Gasteiger partial charge in [0, 0.05) is 32.7 Å². The number of aromatic hydroxyl groups is 1. The summed E-state index contributed by atoms with van der Waals surface area (Å²) in [5.41, 5.74) is -0.0810. The summed E-state index contributed by atoms with van der Waals surface area (Å²) in [7, 11) is 2.08. The molecule has 5 nitrogen and oxygen atoms in total. The standard InChI is InChI=1S/C14H18Cl2N2O3/c1-17-4-6-18(7-5-17)8-9-21-14(20)12-10(15)2-3-11(16)13(12)19/h2-3,19H,4-9H2,1H3. The minimum atomic E-state index is -0.658. The quantitative estimate of drug-likeness (QED) is 0.856. The van der Waals surface area contributed by atoms with Crippen molar-refractivity contribution < 1.29 is 14.6 Å². The van der Waals surface area contributed by atoms with Crippen LogP contribution in [-0.4, -0.2) is 67.3 Å². The third-order valence-electron chi connectivity index (χ3n) is 3.52. The molecule has 0 atom stereocenters. The number of phenols is 1. The van der Waals surface area contributed by atoms with Gasteiger partial charge in [0.1, 0.15) is 17.9 Å². The van der Waals surface area contributed by atoms with Crippen LogP contribution in [0, 0.1) is 0 Å². The van der Waals surface area contributed by atoms with E-state index in [1.165, 1.54) is 12.1 Å². The molecule has 7 heteroatoms. The SMILES string of the molecule is CN1CCN(CCOC(=O)c2c(Cl)ccc(Cl)c2O)CC1. The van der Waals surface area contributed by atoms with Crippen molar-refractivity contribution in [2.45, 2.75) is 0 Å². The normalized spacial score (nSPS) is 16.9. The van der Waals surface area contributed by atoms with Gasteiger partial charge in [-0.15, -0.1) is 0 Å². The Balaban J connectivity index is 1.86. The van der Waals surface area contributed by atoms with Gasteiger partial charge >= 0.3 is 5.97 Å². The average Bonchev–Trinajstić information content (AvgIpc) is 2.45. The van der Waals surface area contributed by atoms with Gasteiger partial charge < -0.3 is 14.7 Å². The van der Waals surface area contributed by atoms with E-state index in [2.05, 4.69) is 16.8 Å². The van der Waals surface area contributed by atoms with Crippen molar-refractivity contribution in [2.75, 3.05) is 46.4 Å². The maximum absolute atomic E-state index is 12.0. The largest absolute Gasteiger partial charge is 0.505 e. The molecule has 0 bridgehead atoms. The summed E-state index contributed by atoms with van der Waals surface area (Å²) < 4.78 is 5.18. The third kappa shape index (κ3) is 4.23. The number of halogens is 2. The van der Waals surface area contributed by atoms with Gasteiger partial charge in [-0.25, -0.2) is 4.79 Å². The highest BCUT2D eigenvalue weighted by Gasteiger charge is 2.20. The number of hydrogen-bond acceptors (Lipinski definition) is 5. The van der Waals surface area contributed by atoms with Crippen molar-refractivity contribution in [1.29, 1.82) is 0 Å². The van der Waals surface area contributed by atoms with Crippen LogP contribution in [0.1, 0.15) is 10.4 Å². The Morgan fingerprint density at radius 3 is 2.52 bits per heavy atom. The lowest BCUT2D eigenvalue weighted by atomic mass is 10.2. The fraction of sp³-hybridized carbons (Fsp3) is 0.500. The topological polar surface area (TPSA) is 53.0 Å². The summed E-state index contributed by atoms with van der Waals surface area (Å²) in [5, 5.41) is 9.99. The van der Waals surface area contributed by atoms with Crippen LogP contribution in [0.15, 0.2) is 12.1 Å². The zero-order valence-corrected chi connectivity index (χ0v) is 13.3. The lowest BCUT2D eigenvalue weighted by molar-refractivity contribution is 0.0429. The number of hydrogen-bond donors (Lipinski definition) is 1. The molecule has 0 saturated carbocycles. The lowest BCUT2D eigenvalue weighted by Gasteiger charge is -2.32. The fourth-order valence-corrected chi connectivity index (χ4v) is 2.53. The zero-order chi connectivity index (χ0) is 15.4. The van der Waals surface area contributed by atoms with Gasteiger partial charge in [-0.3, -0.25) is 4.90 Å². The number of piperazine rings is 1. The second kappa shape index (κ2) is 7.31. The maximum Gasteiger partial charge on any atom is 0.343 e. The summed E-state index contributed by atoms with van der Waals surface area (Å²) in [6.45, 7) is 4.85.